The Morgan fingerprint density at radius 1 is 1.25 bits per heavy atom. The van der Waals surface area contributed by atoms with Gasteiger partial charge in [0.05, 0.1) is 23.0 Å². The summed E-state index contributed by atoms with van der Waals surface area (Å²) in [5, 5.41) is 0. The van der Waals surface area contributed by atoms with Crippen molar-refractivity contribution in [3.05, 3.63) is 41.5 Å². The van der Waals surface area contributed by atoms with Crippen molar-refractivity contribution in [1.29, 1.82) is 0 Å². The van der Waals surface area contributed by atoms with Gasteiger partial charge in [-0.25, -0.2) is 13.4 Å². The number of nitrogens with one attached hydrogen (secondary N) is 1. The van der Waals surface area contributed by atoms with Gasteiger partial charge in [-0.3, -0.25) is 4.31 Å². The largest absolute Gasteiger partial charge is 0.345 e. The molecule has 0 aliphatic heterocycles. The zero-order valence-electron chi connectivity index (χ0n) is 11.0. The number of hydrogen-bond acceptors (Lipinski definition) is 4. The van der Waals surface area contributed by atoms with Crippen LogP contribution in [0, 0.1) is 6.92 Å². The van der Waals surface area contributed by atoms with Gasteiger partial charge in [0.1, 0.15) is 4.21 Å². The summed E-state index contributed by atoms with van der Waals surface area (Å²) < 4.78 is 26.7. The van der Waals surface area contributed by atoms with Crippen molar-refractivity contribution in [3.8, 4) is 0 Å². The molecule has 2 heterocycles. The Labute approximate surface area is 120 Å². The quantitative estimate of drug-likeness (QED) is 0.809. The van der Waals surface area contributed by atoms with Crippen LogP contribution in [-0.4, -0.2) is 25.4 Å². The van der Waals surface area contributed by atoms with Crippen LogP contribution in [0.15, 0.2) is 40.9 Å². The number of sulfonamides is 1. The Balaban J connectivity index is 2.04. The number of thiophene rings is 1. The summed E-state index contributed by atoms with van der Waals surface area (Å²) in [6, 6.07) is 8.78. The van der Waals surface area contributed by atoms with Crippen molar-refractivity contribution in [2.75, 3.05) is 11.4 Å². The molecule has 0 unspecified atom stereocenters. The molecule has 0 saturated heterocycles. The fourth-order valence-corrected chi connectivity index (χ4v) is 4.59. The molecular formula is C13H13N3O2S2. The Hall–Kier alpha value is -1.86. The Kier molecular flexibility index (Phi) is 3.02. The van der Waals surface area contributed by atoms with Gasteiger partial charge in [-0.1, -0.05) is 0 Å². The van der Waals surface area contributed by atoms with Crippen LogP contribution in [0.25, 0.3) is 11.0 Å². The maximum absolute atomic E-state index is 12.5. The summed E-state index contributed by atoms with van der Waals surface area (Å²) in [7, 11) is -1.95. The van der Waals surface area contributed by atoms with Gasteiger partial charge < -0.3 is 4.98 Å². The molecular weight excluding hydrogens is 294 g/mol. The van der Waals surface area contributed by atoms with Gasteiger partial charge in [0.25, 0.3) is 10.0 Å². The lowest BCUT2D eigenvalue weighted by molar-refractivity contribution is 0.596. The fourth-order valence-electron chi connectivity index (χ4n) is 1.94. The second-order valence-electron chi connectivity index (χ2n) is 4.44. The van der Waals surface area contributed by atoms with Gasteiger partial charge in [-0.2, -0.15) is 0 Å². The maximum Gasteiger partial charge on any atom is 0.273 e. The van der Waals surface area contributed by atoms with E-state index in [9.17, 15) is 8.42 Å². The number of imidazole rings is 1. The topological polar surface area (TPSA) is 66.1 Å². The molecule has 0 aliphatic carbocycles. The number of fused-ring (bicyclic) bond motifs is 1. The van der Waals surface area contributed by atoms with E-state index in [1.54, 1.807) is 37.6 Å². The minimum absolute atomic E-state index is 0.349. The first-order valence-electron chi connectivity index (χ1n) is 5.97. The summed E-state index contributed by atoms with van der Waals surface area (Å²) in [6.07, 6.45) is 1.59. The van der Waals surface area contributed by atoms with E-state index in [2.05, 4.69) is 9.97 Å². The van der Waals surface area contributed by atoms with Crippen LogP contribution in [0.5, 0.6) is 0 Å². The molecule has 0 atom stereocenters. The molecule has 7 heteroatoms. The molecule has 5 nitrogen and oxygen atoms in total. The molecule has 3 aromatic rings. The van der Waals surface area contributed by atoms with E-state index in [0.29, 0.717) is 9.90 Å². The highest BCUT2D eigenvalue weighted by Crippen LogP contribution is 2.28. The van der Waals surface area contributed by atoms with Gasteiger partial charge in [0.2, 0.25) is 0 Å². The Bertz CT molecular complexity index is 865. The van der Waals surface area contributed by atoms with Crippen molar-refractivity contribution < 1.29 is 8.42 Å². The van der Waals surface area contributed by atoms with E-state index >= 15 is 0 Å². The maximum atomic E-state index is 12.5. The number of hydrogen-bond donors (Lipinski definition) is 1. The minimum atomic E-state index is -3.51. The van der Waals surface area contributed by atoms with E-state index in [1.165, 1.54) is 15.6 Å². The van der Waals surface area contributed by atoms with E-state index in [0.717, 1.165) is 15.9 Å². The third-order valence-electron chi connectivity index (χ3n) is 3.10. The highest BCUT2D eigenvalue weighted by molar-refractivity contribution is 7.94. The summed E-state index contributed by atoms with van der Waals surface area (Å²) in [4.78, 5) is 8.07. The zero-order chi connectivity index (χ0) is 14.3. The van der Waals surface area contributed by atoms with Crippen molar-refractivity contribution in [1.82, 2.24) is 9.97 Å². The molecule has 2 aromatic heterocycles. The van der Waals surface area contributed by atoms with Crippen LogP contribution >= 0.6 is 11.3 Å². The Morgan fingerprint density at radius 3 is 2.75 bits per heavy atom. The van der Waals surface area contributed by atoms with Gasteiger partial charge in [0.15, 0.2) is 0 Å². The first-order valence-corrected chi connectivity index (χ1v) is 8.22. The van der Waals surface area contributed by atoms with Crippen LogP contribution in [0.4, 0.5) is 5.69 Å². The number of anilines is 1. The second-order valence-corrected chi connectivity index (χ2v) is 7.93. The van der Waals surface area contributed by atoms with E-state index in [1.807, 2.05) is 13.0 Å². The number of aryl methyl sites for hydroxylation is 1. The molecule has 0 radical (unpaired) electrons. The van der Waals surface area contributed by atoms with Crippen molar-refractivity contribution in [2.45, 2.75) is 11.1 Å². The highest BCUT2D eigenvalue weighted by atomic mass is 32.2. The summed E-state index contributed by atoms with van der Waals surface area (Å²) >= 11 is 1.27. The van der Waals surface area contributed by atoms with E-state index < -0.39 is 10.0 Å². The number of benzene rings is 1. The van der Waals surface area contributed by atoms with Crippen molar-refractivity contribution in [2.24, 2.45) is 0 Å². The number of nitrogens with zero attached hydrogens (tertiary/aromatic N) is 2. The third kappa shape index (κ3) is 2.08. The van der Waals surface area contributed by atoms with Crippen molar-refractivity contribution >= 4 is 38.1 Å². The Morgan fingerprint density at radius 2 is 2.05 bits per heavy atom. The molecule has 1 N–H and O–H groups in total. The van der Waals surface area contributed by atoms with Crippen LogP contribution in [0.1, 0.15) is 4.88 Å². The smallest absolute Gasteiger partial charge is 0.273 e. The predicted octanol–water partition coefficient (Wildman–Crippen LogP) is 2.76. The van der Waals surface area contributed by atoms with E-state index in [-0.39, 0.29) is 0 Å². The standard InChI is InChI=1S/C13H13N3O2S2/c1-9-3-6-13(19-9)20(17,18)16(2)10-4-5-11-12(7-10)15-8-14-11/h3-8H,1-2H3,(H,14,15). The van der Waals surface area contributed by atoms with Crippen LogP contribution in [0.3, 0.4) is 0 Å². The molecule has 20 heavy (non-hydrogen) atoms. The molecule has 0 saturated carbocycles. The molecule has 0 bridgehead atoms. The summed E-state index contributed by atoms with van der Waals surface area (Å²) in [5.41, 5.74) is 2.23. The van der Waals surface area contributed by atoms with E-state index in [4.69, 9.17) is 0 Å². The lowest BCUT2D eigenvalue weighted by atomic mass is 10.3. The van der Waals surface area contributed by atoms with Gasteiger partial charge in [-0.05, 0) is 37.3 Å². The first kappa shape index (κ1) is 13.1. The number of aromatic amines is 1. The van der Waals surface area contributed by atoms with Crippen LogP contribution in [0.2, 0.25) is 0 Å². The highest BCUT2D eigenvalue weighted by Gasteiger charge is 2.23. The normalized spacial score (nSPS) is 11.9. The molecule has 3 rings (SSSR count). The lowest BCUT2D eigenvalue weighted by Crippen LogP contribution is -2.25. The minimum Gasteiger partial charge on any atom is -0.345 e. The molecule has 104 valence electrons. The number of aromatic nitrogens is 2. The molecule has 0 amide bonds. The average molecular weight is 307 g/mol. The summed E-state index contributed by atoms with van der Waals surface area (Å²) in [6.45, 7) is 1.89. The average Bonchev–Trinajstić information content (AvgIpc) is 3.05. The zero-order valence-corrected chi connectivity index (χ0v) is 12.6. The monoisotopic (exact) mass is 307 g/mol. The molecule has 0 aliphatic rings. The van der Waals surface area contributed by atoms with Crippen LogP contribution < -0.4 is 4.31 Å². The lowest BCUT2D eigenvalue weighted by Gasteiger charge is -2.18. The first-order chi connectivity index (χ1) is 9.48. The molecule has 0 fully saturated rings. The van der Waals surface area contributed by atoms with Gasteiger partial charge in [0, 0.05) is 11.9 Å². The number of H-pyrrole nitrogens is 1. The third-order valence-corrected chi connectivity index (χ3v) is 6.35. The fraction of sp³-hybridized carbons (Fsp3) is 0.154. The second kappa shape index (κ2) is 4.60. The molecule has 0 spiro atoms. The van der Waals surface area contributed by atoms with Crippen LogP contribution in [-0.2, 0) is 10.0 Å². The number of rotatable bonds is 3. The van der Waals surface area contributed by atoms with Gasteiger partial charge >= 0.3 is 0 Å². The van der Waals surface area contributed by atoms with Crippen molar-refractivity contribution in [3.63, 3.8) is 0 Å². The predicted molar refractivity (Wildman–Crippen MR) is 80.7 cm³/mol. The van der Waals surface area contributed by atoms with Gasteiger partial charge in [-0.15, -0.1) is 11.3 Å². The SMILES string of the molecule is Cc1ccc(S(=O)(=O)N(C)c2ccc3nc[nH]c3c2)s1. The summed E-state index contributed by atoms with van der Waals surface area (Å²) in [5.74, 6) is 0. The molecule has 1 aromatic carbocycles.